The molecule has 0 spiro atoms. The molecule has 0 saturated carbocycles. The fourth-order valence-electron chi connectivity index (χ4n) is 0.902. The molecule has 1 heterocycles. The van der Waals surface area contributed by atoms with Crippen molar-refractivity contribution >= 4 is 17.2 Å². The van der Waals surface area contributed by atoms with Gasteiger partial charge in [-0.3, -0.25) is 4.79 Å². The average molecular weight is 238 g/mol. The maximum atomic E-state index is 11.7. The third-order valence-electron chi connectivity index (χ3n) is 1.55. The summed E-state index contributed by atoms with van der Waals surface area (Å²) >= 11 is 1.15. The van der Waals surface area contributed by atoms with Gasteiger partial charge in [0.1, 0.15) is 0 Å². The number of aromatic nitrogens is 1. The fraction of sp³-hybridized carbons (Fsp3) is 0.500. The standard InChI is InChI=1S/C8H9F3N2OS/c9-8(10,11)2-1-3-12-6(14)7-13-4-5-15-7/h4-5H,1-3H2,(H,12,14). The van der Waals surface area contributed by atoms with Gasteiger partial charge in [-0.2, -0.15) is 13.2 Å². The van der Waals surface area contributed by atoms with Crippen LogP contribution in [0.2, 0.25) is 0 Å². The smallest absolute Gasteiger partial charge is 0.350 e. The van der Waals surface area contributed by atoms with E-state index >= 15 is 0 Å². The number of nitrogens with zero attached hydrogens (tertiary/aromatic N) is 1. The van der Waals surface area contributed by atoms with E-state index in [0.29, 0.717) is 0 Å². The molecule has 0 radical (unpaired) electrons. The summed E-state index contributed by atoms with van der Waals surface area (Å²) in [6.45, 7) is 0.0118. The van der Waals surface area contributed by atoms with Crippen molar-refractivity contribution in [3.05, 3.63) is 16.6 Å². The van der Waals surface area contributed by atoms with Gasteiger partial charge in [-0.05, 0) is 6.42 Å². The minimum absolute atomic E-state index is 0.0118. The Morgan fingerprint density at radius 3 is 2.80 bits per heavy atom. The molecule has 84 valence electrons. The van der Waals surface area contributed by atoms with Crippen molar-refractivity contribution < 1.29 is 18.0 Å². The highest BCUT2D eigenvalue weighted by atomic mass is 32.1. The van der Waals surface area contributed by atoms with Crippen LogP contribution in [-0.2, 0) is 0 Å². The van der Waals surface area contributed by atoms with Crippen LogP contribution in [0.15, 0.2) is 11.6 Å². The molecule has 0 atom stereocenters. The average Bonchev–Trinajstić information content (AvgIpc) is 2.63. The zero-order chi connectivity index (χ0) is 11.3. The van der Waals surface area contributed by atoms with Crippen molar-refractivity contribution in [2.45, 2.75) is 19.0 Å². The molecular formula is C8H9F3N2OS. The molecule has 0 aromatic carbocycles. The Morgan fingerprint density at radius 2 is 2.27 bits per heavy atom. The molecule has 1 N–H and O–H groups in total. The van der Waals surface area contributed by atoms with E-state index < -0.39 is 18.5 Å². The number of halogens is 3. The second-order valence-corrected chi connectivity index (χ2v) is 3.71. The van der Waals surface area contributed by atoms with Crippen molar-refractivity contribution in [2.75, 3.05) is 6.54 Å². The topological polar surface area (TPSA) is 42.0 Å². The number of hydrogen-bond acceptors (Lipinski definition) is 3. The summed E-state index contributed by atoms with van der Waals surface area (Å²) in [5.74, 6) is -0.424. The lowest BCUT2D eigenvalue weighted by atomic mass is 10.3. The molecule has 0 aliphatic heterocycles. The minimum atomic E-state index is -4.16. The Bertz CT molecular complexity index is 310. The number of carbonyl (C=O) groups is 1. The first-order chi connectivity index (χ1) is 6.99. The summed E-state index contributed by atoms with van der Waals surface area (Å²) in [6.07, 6.45) is -3.69. The van der Waals surface area contributed by atoms with E-state index in [0.717, 1.165) is 11.3 Å². The summed E-state index contributed by atoms with van der Waals surface area (Å²) in [4.78, 5) is 14.9. The van der Waals surface area contributed by atoms with Crippen LogP contribution in [0, 0.1) is 0 Å². The van der Waals surface area contributed by atoms with Crippen molar-refractivity contribution in [1.82, 2.24) is 10.3 Å². The maximum absolute atomic E-state index is 11.7. The molecule has 0 bridgehead atoms. The highest BCUT2D eigenvalue weighted by molar-refractivity contribution is 7.11. The predicted octanol–water partition coefficient (Wildman–Crippen LogP) is 2.22. The van der Waals surface area contributed by atoms with Crippen LogP contribution in [0.3, 0.4) is 0 Å². The molecule has 15 heavy (non-hydrogen) atoms. The Hall–Kier alpha value is -1.11. The van der Waals surface area contributed by atoms with Crippen LogP contribution in [0.4, 0.5) is 13.2 Å². The molecule has 0 fully saturated rings. The van der Waals surface area contributed by atoms with E-state index in [1.54, 1.807) is 5.38 Å². The first-order valence-corrected chi connectivity index (χ1v) is 5.11. The monoisotopic (exact) mass is 238 g/mol. The van der Waals surface area contributed by atoms with E-state index in [-0.39, 0.29) is 18.0 Å². The second kappa shape index (κ2) is 5.11. The van der Waals surface area contributed by atoms with Gasteiger partial charge in [-0.1, -0.05) is 0 Å². The van der Waals surface area contributed by atoms with Crippen LogP contribution in [-0.4, -0.2) is 23.6 Å². The Labute approximate surface area is 88.3 Å². The molecule has 1 amide bonds. The zero-order valence-electron chi connectivity index (χ0n) is 7.67. The van der Waals surface area contributed by atoms with Crippen LogP contribution in [0.5, 0.6) is 0 Å². The molecular weight excluding hydrogens is 229 g/mol. The summed E-state index contributed by atoms with van der Waals surface area (Å²) in [6, 6.07) is 0. The number of rotatable bonds is 4. The van der Waals surface area contributed by atoms with Gasteiger partial charge in [-0.15, -0.1) is 11.3 Å². The van der Waals surface area contributed by atoms with Gasteiger partial charge < -0.3 is 5.32 Å². The lowest BCUT2D eigenvalue weighted by Crippen LogP contribution is -2.25. The summed E-state index contributed by atoms with van der Waals surface area (Å²) in [5, 5.41) is 4.26. The Balaban J connectivity index is 2.19. The quantitative estimate of drug-likeness (QED) is 0.817. The number of carbonyl (C=O) groups excluding carboxylic acids is 1. The van der Waals surface area contributed by atoms with Crippen LogP contribution in [0.25, 0.3) is 0 Å². The Kier molecular flexibility index (Phi) is 4.07. The van der Waals surface area contributed by atoms with Gasteiger partial charge in [0.05, 0.1) is 0 Å². The van der Waals surface area contributed by atoms with E-state index in [4.69, 9.17) is 0 Å². The van der Waals surface area contributed by atoms with E-state index in [1.807, 2.05) is 0 Å². The number of thiazole rings is 1. The first kappa shape index (κ1) is 12.0. The van der Waals surface area contributed by atoms with E-state index in [1.165, 1.54) is 6.20 Å². The molecule has 3 nitrogen and oxygen atoms in total. The number of nitrogens with one attached hydrogen (secondary N) is 1. The van der Waals surface area contributed by atoms with Crippen molar-refractivity contribution in [2.24, 2.45) is 0 Å². The fourth-order valence-corrected chi connectivity index (χ4v) is 1.45. The van der Waals surface area contributed by atoms with Gasteiger partial charge >= 0.3 is 6.18 Å². The molecule has 1 aromatic heterocycles. The molecule has 0 aliphatic carbocycles. The van der Waals surface area contributed by atoms with E-state index in [2.05, 4.69) is 10.3 Å². The summed E-state index contributed by atoms with van der Waals surface area (Å²) in [5.41, 5.74) is 0. The second-order valence-electron chi connectivity index (χ2n) is 2.81. The Morgan fingerprint density at radius 1 is 1.53 bits per heavy atom. The molecule has 1 aromatic rings. The van der Waals surface area contributed by atoms with Gasteiger partial charge in [-0.25, -0.2) is 4.98 Å². The lowest BCUT2D eigenvalue weighted by molar-refractivity contribution is -0.135. The van der Waals surface area contributed by atoms with Crippen molar-refractivity contribution in [3.63, 3.8) is 0 Å². The highest BCUT2D eigenvalue weighted by Crippen LogP contribution is 2.20. The molecule has 7 heteroatoms. The molecule has 0 unspecified atom stereocenters. The molecule has 1 rings (SSSR count). The van der Waals surface area contributed by atoms with E-state index in [9.17, 15) is 18.0 Å². The highest BCUT2D eigenvalue weighted by Gasteiger charge is 2.26. The summed E-state index contributed by atoms with van der Waals surface area (Å²) in [7, 11) is 0. The zero-order valence-corrected chi connectivity index (χ0v) is 8.49. The number of alkyl halides is 3. The largest absolute Gasteiger partial charge is 0.389 e. The summed E-state index contributed by atoms with van der Waals surface area (Å²) < 4.78 is 35.2. The van der Waals surface area contributed by atoms with Gasteiger partial charge in [0.15, 0.2) is 5.01 Å². The van der Waals surface area contributed by atoms with Gasteiger partial charge in [0.2, 0.25) is 0 Å². The van der Waals surface area contributed by atoms with Gasteiger partial charge in [0, 0.05) is 24.5 Å². The number of hydrogen-bond donors (Lipinski definition) is 1. The lowest BCUT2D eigenvalue weighted by Gasteiger charge is -2.06. The SMILES string of the molecule is O=C(NCCCC(F)(F)F)c1nccs1. The van der Waals surface area contributed by atoms with Crippen molar-refractivity contribution in [3.8, 4) is 0 Å². The first-order valence-electron chi connectivity index (χ1n) is 4.23. The van der Waals surface area contributed by atoms with Crippen LogP contribution >= 0.6 is 11.3 Å². The minimum Gasteiger partial charge on any atom is -0.350 e. The van der Waals surface area contributed by atoms with Gasteiger partial charge in [0.25, 0.3) is 5.91 Å². The van der Waals surface area contributed by atoms with Crippen LogP contribution in [0.1, 0.15) is 22.6 Å². The molecule has 0 aliphatic rings. The van der Waals surface area contributed by atoms with Crippen molar-refractivity contribution in [1.29, 1.82) is 0 Å². The van der Waals surface area contributed by atoms with Crippen LogP contribution < -0.4 is 5.32 Å². The normalized spacial score (nSPS) is 11.4. The third kappa shape index (κ3) is 4.78. The number of amides is 1. The third-order valence-corrected chi connectivity index (χ3v) is 2.32. The predicted molar refractivity (Wildman–Crippen MR) is 49.7 cm³/mol. The maximum Gasteiger partial charge on any atom is 0.389 e. The molecule has 0 saturated heterocycles.